The molecule has 0 aliphatic carbocycles. The van der Waals surface area contributed by atoms with Crippen LogP contribution in [0.15, 0.2) is 84.1 Å². The number of nitrogens with zero attached hydrogens (tertiary/aromatic N) is 1. The second-order valence-corrected chi connectivity index (χ2v) is 6.84. The Morgan fingerprint density at radius 1 is 0.933 bits per heavy atom. The molecule has 0 unspecified atom stereocenters. The van der Waals surface area contributed by atoms with E-state index in [-0.39, 0.29) is 11.8 Å². The lowest BCUT2D eigenvalue weighted by molar-refractivity contribution is 0.0953. The first kappa shape index (κ1) is 19.1. The molecule has 4 aromatic rings. The van der Waals surface area contributed by atoms with Crippen LogP contribution in [0.3, 0.4) is 0 Å². The average molecular weight is 396 g/mol. The number of fused-ring (bicyclic) bond motifs is 1. The molecule has 0 atom stereocenters. The minimum absolute atomic E-state index is 0.219. The zero-order chi connectivity index (χ0) is 20.9. The Kier molecular flexibility index (Phi) is 5.39. The summed E-state index contributed by atoms with van der Waals surface area (Å²) < 4.78 is 0. The number of benzene rings is 3. The van der Waals surface area contributed by atoms with E-state index >= 15 is 0 Å². The van der Waals surface area contributed by atoms with Crippen molar-refractivity contribution in [1.29, 1.82) is 0 Å². The van der Waals surface area contributed by atoms with Crippen LogP contribution in [0.2, 0.25) is 0 Å². The van der Waals surface area contributed by atoms with Crippen LogP contribution in [-0.2, 0) is 0 Å². The lowest BCUT2D eigenvalue weighted by Crippen LogP contribution is -2.18. The molecule has 0 fully saturated rings. The standard InChI is InChI=1S/C24H20N4O2/c1-16-7-2-3-10-20(16)24(30)27-19-9-6-8-17(13-19)23(29)28-26-15-18-14-25-22-12-5-4-11-21(18)22/h2-15,25H,1H3,(H,27,30)(H,28,29). The van der Waals surface area contributed by atoms with Gasteiger partial charge in [0.15, 0.2) is 0 Å². The number of aromatic amines is 1. The Bertz CT molecular complexity index is 1260. The van der Waals surface area contributed by atoms with Gasteiger partial charge in [-0.15, -0.1) is 0 Å². The third kappa shape index (κ3) is 4.12. The molecule has 0 spiro atoms. The number of hydrogen-bond donors (Lipinski definition) is 3. The quantitative estimate of drug-likeness (QED) is 0.343. The average Bonchev–Trinajstić information content (AvgIpc) is 3.17. The summed E-state index contributed by atoms with van der Waals surface area (Å²) in [7, 11) is 0. The SMILES string of the molecule is Cc1ccccc1C(=O)Nc1cccc(C(=O)NN=Cc2c[nH]c3ccccc23)c1. The fourth-order valence-electron chi connectivity index (χ4n) is 3.19. The van der Waals surface area contributed by atoms with E-state index in [1.54, 1.807) is 36.5 Å². The van der Waals surface area contributed by atoms with Crippen molar-refractivity contribution in [2.75, 3.05) is 5.32 Å². The Morgan fingerprint density at radius 3 is 2.60 bits per heavy atom. The molecular formula is C24H20N4O2. The molecule has 3 N–H and O–H groups in total. The summed E-state index contributed by atoms with van der Waals surface area (Å²) in [5.41, 5.74) is 6.82. The van der Waals surface area contributed by atoms with Crippen LogP contribution in [0.5, 0.6) is 0 Å². The van der Waals surface area contributed by atoms with Gasteiger partial charge >= 0.3 is 0 Å². The van der Waals surface area contributed by atoms with Crippen molar-refractivity contribution in [2.24, 2.45) is 5.10 Å². The number of hydrogen-bond acceptors (Lipinski definition) is 3. The topological polar surface area (TPSA) is 86.3 Å². The van der Waals surface area contributed by atoms with Gasteiger partial charge in [0.2, 0.25) is 0 Å². The van der Waals surface area contributed by atoms with Gasteiger partial charge in [-0.3, -0.25) is 9.59 Å². The van der Waals surface area contributed by atoms with Gasteiger partial charge in [0, 0.05) is 39.5 Å². The molecule has 0 bridgehead atoms. The van der Waals surface area contributed by atoms with Gasteiger partial charge < -0.3 is 10.3 Å². The third-order valence-corrected chi connectivity index (χ3v) is 4.76. The molecule has 2 amide bonds. The normalized spacial score (nSPS) is 11.0. The molecule has 6 nitrogen and oxygen atoms in total. The van der Waals surface area contributed by atoms with E-state index in [2.05, 4.69) is 20.8 Å². The van der Waals surface area contributed by atoms with Gasteiger partial charge in [0.1, 0.15) is 0 Å². The molecule has 3 aromatic carbocycles. The summed E-state index contributed by atoms with van der Waals surface area (Å²) in [6.45, 7) is 1.88. The highest BCUT2D eigenvalue weighted by atomic mass is 16.2. The molecular weight excluding hydrogens is 376 g/mol. The minimum atomic E-state index is -0.363. The van der Waals surface area contributed by atoms with Gasteiger partial charge in [-0.05, 0) is 42.8 Å². The number of hydrazone groups is 1. The van der Waals surface area contributed by atoms with E-state index < -0.39 is 0 Å². The zero-order valence-corrected chi connectivity index (χ0v) is 16.3. The van der Waals surface area contributed by atoms with Crippen LogP contribution in [0, 0.1) is 6.92 Å². The number of aromatic nitrogens is 1. The van der Waals surface area contributed by atoms with Gasteiger partial charge in [-0.2, -0.15) is 5.10 Å². The maximum Gasteiger partial charge on any atom is 0.271 e. The number of rotatable bonds is 5. The predicted octanol–water partition coefficient (Wildman–Crippen LogP) is 4.49. The van der Waals surface area contributed by atoms with Crippen molar-refractivity contribution in [3.05, 3.63) is 101 Å². The van der Waals surface area contributed by atoms with E-state index in [1.165, 1.54) is 0 Å². The summed E-state index contributed by atoms with van der Waals surface area (Å²) >= 11 is 0. The predicted molar refractivity (Wildman–Crippen MR) is 119 cm³/mol. The Hall–Kier alpha value is -4.19. The summed E-state index contributed by atoms with van der Waals surface area (Å²) in [5.74, 6) is -0.582. The number of amides is 2. The van der Waals surface area contributed by atoms with Crippen LogP contribution in [0.4, 0.5) is 5.69 Å². The highest BCUT2D eigenvalue weighted by molar-refractivity contribution is 6.06. The molecule has 1 aromatic heterocycles. The first-order valence-corrected chi connectivity index (χ1v) is 9.48. The van der Waals surface area contributed by atoms with Gasteiger partial charge in [0.25, 0.3) is 11.8 Å². The lowest BCUT2D eigenvalue weighted by Gasteiger charge is -2.08. The molecule has 6 heteroatoms. The highest BCUT2D eigenvalue weighted by Gasteiger charge is 2.10. The van der Waals surface area contributed by atoms with Crippen LogP contribution < -0.4 is 10.7 Å². The number of carbonyl (C=O) groups is 2. The number of carbonyl (C=O) groups excluding carboxylic acids is 2. The fraction of sp³-hybridized carbons (Fsp3) is 0.0417. The Morgan fingerprint density at radius 2 is 1.73 bits per heavy atom. The smallest absolute Gasteiger partial charge is 0.271 e. The Balaban J connectivity index is 1.43. The van der Waals surface area contributed by atoms with E-state index in [4.69, 9.17) is 0 Å². The van der Waals surface area contributed by atoms with Crippen molar-refractivity contribution in [1.82, 2.24) is 10.4 Å². The van der Waals surface area contributed by atoms with Crippen LogP contribution in [0.25, 0.3) is 10.9 Å². The van der Waals surface area contributed by atoms with Crippen LogP contribution in [0.1, 0.15) is 31.8 Å². The van der Waals surface area contributed by atoms with Crippen LogP contribution in [-0.4, -0.2) is 23.0 Å². The molecule has 30 heavy (non-hydrogen) atoms. The summed E-state index contributed by atoms with van der Waals surface area (Å²) in [5, 5.41) is 7.91. The van der Waals surface area contributed by atoms with Crippen LogP contribution >= 0.6 is 0 Å². The lowest BCUT2D eigenvalue weighted by atomic mass is 10.1. The van der Waals surface area contributed by atoms with Gasteiger partial charge in [0.05, 0.1) is 6.21 Å². The summed E-state index contributed by atoms with van der Waals surface area (Å²) in [6, 6.07) is 21.9. The second-order valence-electron chi connectivity index (χ2n) is 6.84. The van der Waals surface area contributed by atoms with Crippen molar-refractivity contribution in [3.63, 3.8) is 0 Å². The largest absolute Gasteiger partial charge is 0.361 e. The molecule has 0 saturated heterocycles. The number of nitrogens with one attached hydrogen (secondary N) is 3. The maximum atomic E-state index is 12.5. The molecule has 4 rings (SSSR count). The van der Waals surface area contributed by atoms with E-state index in [0.29, 0.717) is 16.8 Å². The highest BCUT2D eigenvalue weighted by Crippen LogP contribution is 2.16. The van der Waals surface area contributed by atoms with Crippen molar-refractivity contribution < 1.29 is 9.59 Å². The number of anilines is 1. The Labute approximate surface area is 173 Å². The van der Waals surface area contributed by atoms with E-state index in [1.807, 2.05) is 55.6 Å². The van der Waals surface area contributed by atoms with Crippen molar-refractivity contribution in [3.8, 4) is 0 Å². The third-order valence-electron chi connectivity index (χ3n) is 4.76. The first-order chi connectivity index (χ1) is 14.6. The molecule has 0 radical (unpaired) electrons. The van der Waals surface area contributed by atoms with Gasteiger partial charge in [-0.1, -0.05) is 42.5 Å². The summed E-state index contributed by atoms with van der Waals surface area (Å²) in [4.78, 5) is 28.1. The molecule has 148 valence electrons. The monoisotopic (exact) mass is 396 g/mol. The van der Waals surface area contributed by atoms with Gasteiger partial charge in [-0.25, -0.2) is 5.43 Å². The number of H-pyrrole nitrogens is 1. The minimum Gasteiger partial charge on any atom is -0.361 e. The number of aryl methyl sites for hydroxylation is 1. The maximum absolute atomic E-state index is 12.5. The molecule has 1 heterocycles. The number of para-hydroxylation sites is 1. The first-order valence-electron chi connectivity index (χ1n) is 9.48. The van der Waals surface area contributed by atoms with E-state index in [9.17, 15) is 9.59 Å². The molecule has 0 aliphatic rings. The summed E-state index contributed by atoms with van der Waals surface area (Å²) in [6.07, 6.45) is 3.43. The van der Waals surface area contributed by atoms with E-state index in [0.717, 1.165) is 22.0 Å². The van der Waals surface area contributed by atoms with Crippen molar-refractivity contribution >= 4 is 34.6 Å². The van der Waals surface area contributed by atoms with Crippen molar-refractivity contribution in [2.45, 2.75) is 6.92 Å². The zero-order valence-electron chi connectivity index (χ0n) is 16.3. The fourth-order valence-corrected chi connectivity index (χ4v) is 3.19. The second kappa shape index (κ2) is 8.45. The molecule has 0 aliphatic heterocycles. The molecule has 0 saturated carbocycles.